The van der Waals surface area contributed by atoms with E-state index in [0.29, 0.717) is 12.5 Å². The summed E-state index contributed by atoms with van der Waals surface area (Å²) >= 11 is 1.59. The Labute approximate surface area is 107 Å². The Morgan fingerprint density at radius 2 is 2.22 bits per heavy atom. The number of rotatable bonds is 5. The van der Waals surface area contributed by atoms with E-state index in [0.717, 1.165) is 12.1 Å². The van der Waals surface area contributed by atoms with Gasteiger partial charge in [0.15, 0.2) is 5.69 Å². The lowest BCUT2D eigenvalue weighted by atomic mass is 10.3. The van der Waals surface area contributed by atoms with Crippen molar-refractivity contribution in [2.45, 2.75) is 13.3 Å². The lowest BCUT2D eigenvalue weighted by Crippen LogP contribution is -2.05. The SMILES string of the molecule is Cc1ncsc1CCOc1cnc(C(=O)O)cn1. The van der Waals surface area contributed by atoms with Crippen LogP contribution in [0.25, 0.3) is 0 Å². The summed E-state index contributed by atoms with van der Waals surface area (Å²) in [6, 6.07) is 0. The number of aryl methyl sites for hydroxylation is 1. The van der Waals surface area contributed by atoms with E-state index in [9.17, 15) is 4.79 Å². The third kappa shape index (κ3) is 3.01. The molecule has 0 aliphatic rings. The zero-order chi connectivity index (χ0) is 13.0. The molecule has 0 saturated carbocycles. The van der Waals surface area contributed by atoms with E-state index in [1.54, 1.807) is 16.8 Å². The van der Waals surface area contributed by atoms with Crippen LogP contribution in [0.1, 0.15) is 21.1 Å². The van der Waals surface area contributed by atoms with Gasteiger partial charge in [0.1, 0.15) is 0 Å². The van der Waals surface area contributed by atoms with Gasteiger partial charge >= 0.3 is 5.97 Å². The highest BCUT2D eigenvalue weighted by molar-refractivity contribution is 7.09. The summed E-state index contributed by atoms with van der Waals surface area (Å²) in [5, 5.41) is 8.66. The van der Waals surface area contributed by atoms with Crippen LogP contribution in [-0.4, -0.2) is 32.6 Å². The van der Waals surface area contributed by atoms with Gasteiger partial charge in [-0.05, 0) is 6.92 Å². The van der Waals surface area contributed by atoms with Gasteiger partial charge in [-0.25, -0.2) is 19.7 Å². The molecule has 6 nitrogen and oxygen atoms in total. The molecule has 2 aromatic heterocycles. The Morgan fingerprint density at radius 3 is 2.78 bits per heavy atom. The number of aromatic nitrogens is 3. The first kappa shape index (κ1) is 12.4. The second-order valence-electron chi connectivity index (χ2n) is 3.50. The highest BCUT2D eigenvalue weighted by Crippen LogP contribution is 2.13. The minimum atomic E-state index is -1.10. The molecular formula is C11H11N3O3S. The van der Waals surface area contributed by atoms with Crippen LogP contribution < -0.4 is 4.74 Å². The third-order valence-corrected chi connectivity index (χ3v) is 3.27. The number of carbonyl (C=O) groups is 1. The maximum atomic E-state index is 10.6. The van der Waals surface area contributed by atoms with Gasteiger partial charge in [-0.3, -0.25) is 0 Å². The van der Waals surface area contributed by atoms with E-state index in [1.165, 1.54) is 17.3 Å². The molecule has 2 heterocycles. The number of hydrogen-bond donors (Lipinski definition) is 1. The van der Waals surface area contributed by atoms with Crippen LogP contribution >= 0.6 is 11.3 Å². The van der Waals surface area contributed by atoms with E-state index in [2.05, 4.69) is 15.0 Å². The van der Waals surface area contributed by atoms with Crippen molar-refractivity contribution in [1.82, 2.24) is 15.0 Å². The number of carboxylic acids is 1. The number of carboxylic acid groups (broad SMARTS) is 1. The lowest BCUT2D eigenvalue weighted by Gasteiger charge is -2.04. The minimum Gasteiger partial charge on any atom is -0.476 e. The van der Waals surface area contributed by atoms with Crippen molar-refractivity contribution in [3.63, 3.8) is 0 Å². The van der Waals surface area contributed by atoms with Crippen LogP contribution in [0.3, 0.4) is 0 Å². The largest absolute Gasteiger partial charge is 0.476 e. The van der Waals surface area contributed by atoms with E-state index in [-0.39, 0.29) is 5.69 Å². The summed E-state index contributed by atoms with van der Waals surface area (Å²) in [5.74, 6) is -0.781. The van der Waals surface area contributed by atoms with Gasteiger partial charge in [0.25, 0.3) is 0 Å². The van der Waals surface area contributed by atoms with Gasteiger partial charge in [-0.2, -0.15) is 0 Å². The monoisotopic (exact) mass is 265 g/mol. The summed E-state index contributed by atoms with van der Waals surface area (Å²) < 4.78 is 5.38. The van der Waals surface area contributed by atoms with E-state index >= 15 is 0 Å². The molecule has 0 amide bonds. The Balaban J connectivity index is 1.87. The van der Waals surface area contributed by atoms with Gasteiger partial charge in [0.05, 0.1) is 30.2 Å². The van der Waals surface area contributed by atoms with Crippen LogP contribution in [0.4, 0.5) is 0 Å². The summed E-state index contributed by atoms with van der Waals surface area (Å²) in [6.45, 7) is 2.41. The fraction of sp³-hybridized carbons (Fsp3) is 0.273. The number of aromatic carboxylic acids is 1. The van der Waals surface area contributed by atoms with Crippen LogP contribution in [0.5, 0.6) is 5.88 Å². The van der Waals surface area contributed by atoms with E-state index in [1.807, 2.05) is 6.92 Å². The molecule has 0 aliphatic carbocycles. The van der Waals surface area contributed by atoms with Crippen LogP contribution in [0.15, 0.2) is 17.9 Å². The average molecular weight is 265 g/mol. The summed E-state index contributed by atoms with van der Waals surface area (Å²) in [4.78, 5) is 23.5. The van der Waals surface area contributed by atoms with Crippen molar-refractivity contribution in [2.75, 3.05) is 6.61 Å². The Morgan fingerprint density at radius 1 is 1.39 bits per heavy atom. The van der Waals surface area contributed by atoms with Gasteiger partial charge in [0, 0.05) is 11.3 Å². The average Bonchev–Trinajstić information content (AvgIpc) is 2.76. The molecule has 2 aromatic rings. The van der Waals surface area contributed by atoms with Crippen LogP contribution in [-0.2, 0) is 6.42 Å². The van der Waals surface area contributed by atoms with Gasteiger partial charge in [-0.1, -0.05) is 0 Å². The molecule has 0 saturated heterocycles. The molecule has 0 aromatic carbocycles. The highest BCUT2D eigenvalue weighted by atomic mass is 32.1. The molecule has 94 valence electrons. The molecule has 0 radical (unpaired) electrons. The van der Waals surface area contributed by atoms with E-state index in [4.69, 9.17) is 9.84 Å². The quantitative estimate of drug-likeness (QED) is 0.883. The minimum absolute atomic E-state index is 0.0966. The van der Waals surface area contributed by atoms with Crippen LogP contribution in [0, 0.1) is 6.92 Å². The predicted molar refractivity (Wildman–Crippen MR) is 65.0 cm³/mol. The molecule has 0 spiro atoms. The lowest BCUT2D eigenvalue weighted by molar-refractivity contribution is 0.0690. The topological polar surface area (TPSA) is 85.2 Å². The van der Waals surface area contributed by atoms with Crippen molar-refractivity contribution in [3.05, 3.63) is 34.2 Å². The Kier molecular flexibility index (Phi) is 3.83. The van der Waals surface area contributed by atoms with Crippen molar-refractivity contribution >= 4 is 17.3 Å². The number of nitrogens with zero attached hydrogens (tertiary/aromatic N) is 3. The molecular weight excluding hydrogens is 254 g/mol. The van der Waals surface area contributed by atoms with Crippen molar-refractivity contribution in [2.24, 2.45) is 0 Å². The highest BCUT2D eigenvalue weighted by Gasteiger charge is 2.06. The first-order valence-corrected chi connectivity index (χ1v) is 6.12. The van der Waals surface area contributed by atoms with Crippen molar-refractivity contribution < 1.29 is 14.6 Å². The summed E-state index contributed by atoms with van der Waals surface area (Å²) in [5.41, 5.74) is 2.71. The number of ether oxygens (including phenoxy) is 1. The normalized spacial score (nSPS) is 10.3. The van der Waals surface area contributed by atoms with Crippen molar-refractivity contribution in [3.8, 4) is 5.88 Å². The molecule has 0 bridgehead atoms. The third-order valence-electron chi connectivity index (χ3n) is 2.27. The van der Waals surface area contributed by atoms with Crippen LogP contribution in [0.2, 0.25) is 0 Å². The number of hydrogen-bond acceptors (Lipinski definition) is 6. The summed E-state index contributed by atoms with van der Waals surface area (Å²) in [6.07, 6.45) is 3.23. The molecule has 0 atom stereocenters. The maximum Gasteiger partial charge on any atom is 0.356 e. The van der Waals surface area contributed by atoms with Gasteiger partial charge < -0.3 is 9.84 Å². The Hall–Kier alpha value is -2.02. The molecule has 1 N–H and O–H groups in total. The molecule has 7 heteroatoms. The maximum absolute atomic E-state index is 10.6. The van der Waals surface area contributed by atoms with Gasteiger partial charge in [-0.15, -0.1) is 11.3 Å². The standard InChI is InChI=1S/C11H11N3O3S/c1-7-9(18-6-14-7)2-3-17-10-5-12-8(4-13-10)11(15)16/h4-6H,2-3H2,1H3,(H,15,16). The summed E-state index contributed by atoms with van der Waals surface area (Å²) in [7, 11) is 0. The molecule has 0 fully saturated rings. The fourth-order valence-corrected chi connectivity index (χ4v) is 2.08. The molecule has 0 unspecified atom stereocenters. The van der Waals surface area contributed by atoms with Crippen molar-refractivity contribution in [1.29, 1.82) is 0 Å². The first-order chi connectivity index (χ1) is 8.66. The fourth-order valence-electron chi connectivity index (χ4n) is 1.32. The second-order valence-corrected chi connectivity index (χ2v) is 4.44. The Bertz CT molecular complexity index is 539. The molecule has 2 rings (SSSR count). The van der Waals surface area contributed by atoms with Gasteiger partial charge in [0.2, 0.25) is 5.88 Å². The second kappa shape index (κ2) is 5.54. The zero-order valence-electron chi connectivity index (χ0n) is 9.66. The smallest absolute Gasteiger partial charge is 0.356 e. The first-order valence-electron chi connectivity index (χ1n) is 5.24. The molecule has 18 heavy (non-hydrogen) atoms. The zero-order valence-corrected chi connectivity index (χ0v) is 10.5. The van der Waals surface area contributed by atoms with E-state index < -0.39 is 5.97 Å². The predicted octanol–water partition coefficient (Wildman–Crippen LogP) is 1.56. The molecule has 0 aliphatic heterocycles. The number of thiazole rings is 1.